The highest BCUT2D eigenvalue weighted by Gasteiger charge is 2.31. The van der Waals surface area contributed by atoms with Crippen molar-refractivity contribution >= 4 is 29.0 Å². The maximum atomic E-state index is 12.6. The molecule has 2 rings (SSSR count). The van der Waals surface area contributed by atoms with Gasteiger partial charge in [-0.25, -0.2) is 0 Å². The van der Waals surface area contributed by atoms with Crippen LogP contribution in [0.1, 0.15) is 56.5 Å². The minimum atomic E-state index is -0.478. The molecule has 22 heavy (non-hydrogen) atoms. The van der Waals surface area contributed by atoms with E-state index in [-0.39, 0.29) is 11.7 Å². The van der Waals surface area contributed by atoms with Crippen LogP contribution in [0, 0.1) is 5.41 Å². The van der Waals surface area contributed by atoms with E-state index in [1.54, 1.807) is 6.07 Å². The fraction of sp³-hybridized carbons (Fsp3) is 0.556. The van der Waals surface area contributed by atoms with Crippen LogP contribution < -0.4 is 4.90 Å². The van der Waals surface area contributed by atoms with Crippen molar-refractivity contribution in [1.82, 2.24) is 0 Å². The maximum absolute atomic E-state index is 12.6. The number of carbonyl (C=O) groups is 2. The molecule has 1 amide bonds. The van der Waals surface area contributed by atoms with E-state index in [0.29, 0.717) is 12.0 Å². The number of nitrogens with zero attached hydrogens (tertiary/aromatic N) is 1. The van der Waals surface area contributed by atoms with Crippen LogP contribution in [0.4, 0.5) is 5.69 Å². The number of amides is 1. The van der Waals surface area contributed by atoms with Crippen LogP contribution in [0.2, 0.25) is 0 Å². The van der Waals surface area contributed by atoms with Crippen molar-refractivity contribution < 1.29 is 9.59 Å². The van der Waals surface area contributed by atoms with Gasteiger partial charge >= 0.3 is 0 Å². The van der Waals surface area contributed by atoms with Crippen molar-refractivity contribution in [3.63, 3.8) is 0 Å². The van der Waals surface area contributed by atoms with Gasteiger partial charge in [0.05, 0.1) is 5.38 Å². The highest BCUT2D eigenvalue weighted by atomic mass is 35.5. The lowest BCUT2D eigenvalue weighted by atomic mass is 9.91. The molecule has 120 valence electrons. The zero-order chi connectivity index (χ0) is 16.5. The summed E-state index contributed by atoms with van der Waals surface area (Å²) in [5.41, 5.74) is 2.23. The van der Waals surface area contributed by atoms with Crippen LogP contribution in [0.15, 0.2) is 18.2 Å². The molecular weight excluding hydrogens is 298 g/mol. The summed E-state index contributed by atoms with van der Waals surface area (Å²) in [5.74, 6) is 0.0857. The van der Waals surface area contributed by atoms with E-state index in [9.17, 15) is 9.59 Å². The van der Waals surface area contributed by atoms with E-state index in [0.717, 1.165) is 30.6 Å². The van der Waals surface area contributed by atoms with Crippen LogP contribution in [0.3, 0.4) is 0 Å². The maximum Gasteiger partial charge on any atom is 0.232 e. The zero-order valence-electron chi connectivity index (χ0n) is 13.8. The molecule has 1 aromatic rings. The Hall–Kier alpha value is -1.35. The van der Waals surface area contributed by atoms with Gasteiger partial charge in [-0.2, -0.15) is 0 Å². The smallest absolute Gasteiger partial charge is 0.232 e. The van der Waals surface area contributed by atoms with Crippen molar-refractivity contribution in [2.24, 2.45) is 5.41 Å². The first-order valence-electron chi connectivity index (χ1n) is 7.89. The summed E-state index contributed by atoms with van der Waals surface area (Å²) >= 11 is 6.06. The SMILES string of the molecule is CCC(Cl)C(=O)c1ccc2c(c1)CCCN2C(=O)C(C)(C)C. The number of aryl methyl sites for hydroxylation is 1. The minimum Gasteiger partial charge on any atom is -0.312 e. The second-order valence-corrected chi connectivity index (χ2v) is 7.42. The summed E-state index contributed by atoms with van der Waals surface area (Å²) in [6, 6.07) is 5.59. The first-order valence-corrected chi connectivity index (χ1v) is 8.32. The molecule has 0 spiro atoms. The van der Waals surface area contributed by atoms with Gasteiger partial charge in [-0.1, -0.05) is 27.7 Å². The van der Waals surface area contributed by atoms with E-state index < -0.39 is 10.8 Å². The highest BCUT2D eigenvalue weighted by Crippen LogP contribution is 2.32. The van der Waals surface area contributed by atoms with Crippen molar-refractivity contribution in [3.05, 3.63) is 29.3 Å². The van der Waals surface area contributed by atoms with Gasteiger partial charge in [-0.3, -0.25) is 9.59 Å². The Bertz CT molecular complexity index is 589. The Morgan fingerprint density at radius 2 is 2.00 bits per heavy atom. The molecule has 0 aliphatic carbocycles. The van der Waals surface area contributed by atoms with E-state index in [1.807, 2.05) is 44.7 Å². The topological polar surface area (TPSA) is 37.4 Å². The van der Waals surface area contributed by atoms with Gasteiger partial charge in [0.25, 0.3) is 0 Å². The third-order valence-electron chi connectivity index (χ3n) is 4.01. The van der Waals surface area contributed by atoms with Gasteiger partial charge in [0.1, 0.15) is 0 Å². The van der Waals surface area contributed by atoms with Crippen molar-refractivity contribution in [3.8, 4) is 0 Å². The van der Waals surface area contributed by atoms with Crippen LogP contribution in [0.25, 0.3) is 0 Å². The van der Waals surface area contributed by atoms with Crippen LogP contribution in [-0.2, 0) is 11.2 Å². The van der Waals surface area contributed by atoms with Crippen molar-refractivity contribution in [1.29, 1.82) is 0 Å². The molecule has 0 saturated carbocycles. The Balaban J connectivity index is 2.35. The average molecular weight is 322 g/mol. The van der Waals surface area contributed by atoms with E-state index >= 15 is 0 Å². The van der Waals surface area contributed by atoms with Crippen LogP contribution >= 0.6 is 11.6 Å². The summed E-state index contributed by atoms with van der Waals surface area (Å²) < 4.78 is 0. The normalized spacial score (nSPS) is 16.1. The number of alkyl halides is 1. The summed E-state index contributed by atoms with van der Waals surface area (Å²) in [4.78, 5) is 26.7. The first-order chi connectivity index (χ1) is 10.3. The number of hydrogen-bond donors (Lipinski definition) is 0. The number of hydrogen-bond acceptors (Lipinski definition) is 2. The third-order valence-corrected chi connectivity index (χ3v) is 4.52. The summed E-state index contributed by atoms with van der Waals surface area (Å²) in [5, 5.41) is -0.478. The summed E-state index contributed by atoms with van der Waals surface area (Å²) in [7, 11) is 0. The van der Waals surface area contributed by atoms with Gasteiger partial charge < -0.3 is 4.90 Å². The van der Waals surface area contributed by atoms with Crippen LogP contribution in [-0.4, -0.2) is 23.6 Å². The molecule has 3 nitrogen and oxygen atoms in total. The Labute approximate surface area is 137 Å². The lowest BCUT2D eigenvalue weighted by molar-refractivity contribution is -0.125. The van der Waals surface area contributed by atoms with Crippen molar-refractivity contribution in [2.45, 2.75) is 52.3 Å². The lowest BCUT2D eigenvalue weighted by Gasteiger charge is -2.34. The number of fused-ring (bicyclic) bond motifs is 1. The summed E-state index contributed by atoms with van der Waals surface area (Å²) in [6.45, 7) is 8.43. The second-order valence-electron chi connectivity index (χ2n) is 6.89. The minimum absolute atomic E-state index is 0.0359. The molecule has 1 atom stereocenters. The molecule has 1 heterocycles. The standard InChI is InChI=1S/C18H24ClNO2/c1-5-14(19)16(21)13-8-9-15-12(11-13)7-6-10-20(15)17(22)18(2,3)4/h8-9,11,14H,5-7,10H2,1-4H3. The number of halogens is 1. The number of benzene rings is 1. The number of ketones is 1. The lowest BCUT2D eigenvalue weighted by Crippen LogP contribution is -2.42. The molecule has 0 bridgehead atoms. The molecule has 1 unspecified atom stereocenters. The third kappa shape index (κ3) is 3.35. The second kappa shape index (κ2) is 6.41. The van der Waals surface area contributed by atoms with E-state index in [2.05, 4.69) is 0 Å². The quantitative estimate of drug-likeness (QED) is 0.617. The molecule has 0 aromatic heterocycles. The zero-order valence-corrected chi connectivity index (χ0v) is 14.5. The van der Waals surface area contributed by atoms with Gasteiger partial charge in [-0.15, -0.1) is 11.6 Å². The number of Topliss-reactive ketones (excluding diaryl/α,β-unsaturated/α-hetero) is 1. The summed E-state index contributed by atoms with van der Waals surface area (Å²) in [6.07, 6.45) is 2.43. The predicted molar refractivity (Wildman–Crippen MR) is 90.8 cm³/mol. The largest absolute Gasteiger partial charge is 0.312 e. The molecule has 0 radical (unpaired) electrons. The van der Waals surface area contributed by atoms with Crippen LogP contribution in [0.5, 0.6) is 0 Å². The van der Waals surface area contributed by atoms with Crippen molar-refractivity contribution in [2.75, 3.05) is 11.4 Å². The molecule has 1 aliphatic heterocycles. The number of anilines is 1. The fourth-order valence-electron chi connectivity index (χ4n) is 2.73. The van der Waals surface area contributed by atoms with Gasteiger partial charge in [0.2, 0.25) is 5.91 Å². The molecule has 1 aliphatic rings. The average Bonchev–Trinajstić information content (AvgIpc) is 2.50. The van der Waals surface area contributed by atoms with Gasteiger partial charge in [0, 0.05) is 23.2 Å². The molecule has 0 fully saturated rings. The number of carbonyl (C=O) groups excluding carboxylic acids is 2. The Morgan fingerprint density at radius 3 is 2.59 bits per heavy atom. The molecule has 0 saturated heterocycles. The van der Waals surface area contributed by atoms with E-state index in [1.165, 1.54) is 0 Å². The molecule has 4 heteroatoms. The van der Waals surface area contributed by atoms with E-state index in [4.69, 9.17) is 11.6 Å². The Kier molecular flexibility index (Phi) is 4.96. The van der Waals surface area contributed by atoms with Gasteiger partial charge in [0.15, 0.2) is 5.78 Å². The predicted octanol–water partition coefficient (Wildman–Crippen LogP) is 4.21. The molecular formula is C18H24ClNO2. The fourth-order valence-corrected chi connectivity index (χ4v) is 2.86. The first kappa shape index (κ1) is 17.0. The highest BCUT2D eigenvalue weighted by molar-refractivity contribution is 6.33. The monoisotopic (exact) mass is 321 g/mol. The van der Waals surface area contributed by atoms with Gasteiger partial charge in [-0.05, 0) is 43.0 Å². The Morgan fingerprint density at radius 1 is 1.32 bits per heavy atom. The molecule has 1 aromatic carbocycles. The number of rotatable bonds is 3. The molecule has 0 N–H and O–H groups in total.